The van der Waals surface area contributed by atoms with Crippen LogP contribution in [-0.2, 0) is 11.3 Å². The lowest BCUT2D eigenvalue weighted by atomic mass is 10.2. The number of rotatable bonds is 5. The van der Waals surface area contributed by atoms with E-state index in [1.165, 1.54) is 6.07 Å². The second kappa shape index (κ2) is 8.20. The molecule has 0 saturated carbocycles. The average molecular weight is 320 g/mol. The first-order chi connectivity index (χ1) is 10.7. The maximum atomic E-state index is 13.6. The first kappa shape index (κ1) is 16.0. The van der Waals surface area contributed by atoms with Gasteiger partial charge in [0.05, 0.1) is 5.02 Å². The van der Waals surface area contributed by atoms with Gasteiger partial charge < -0.3 is 10.1 Å². The van der Waals surface area contributed by atoms with Crippen LogP contribution in [0.2, 0.25) is 5.02 Å². The number of hydrogen-bond acceptors (Lipinski definition) is 2. The van der Waals surface area contributed by atoms with Crippen LogP contribution in [-0.4, -0.2) is 12.6 Å². The maximum absolute atomic E-state index is 13.6. The van der Waals surface area contributed by atoms with Crippen molar-refractivity contribution in [1.29, 1.82) is 0 Å². The molecule has 0 bridgehead atoms. The molecule has 0 aliphatic heterocycles. The molecule has 0 unspecified atom stereocenters. The Bertz CT molecular complexity index is 659. The summed E-state index contributed by atoms with van der Waals surface area (Å²) in [5.41, 5.74) is 1.28. The van der Waals surface area contributed by atoms with E-state index < -0.39 is 11.9 Å². The summed E-state index contributed by atoms with van der Waals surface area (Å²) in [5, 5.41) is 2.62. The van der Waals surface area contributed by atoms with Crippen molar-refractivity contribution in [3.8, 4) is 0 Å². The zero-order valence-electron chi connectivity index (χ0n) is 11.8. The highest BCUT2D eigenvalue weighted by atomic mass is 35.5. The lowest BCUT2D eigenvalue weighted by molar-refractivity contribution is 0.141. The van der Waals surface area contributed by atoms with Crippen LogP contribution in [0.3, 0.4) is 0 Å². The summed E-state index contributed by atoms with van der Waals surface area (Å²) < 4.78 is 18.6. The summed E-state index contributed by atoms with van der Waals surface area (Å²) in [6.07, 6.45) is 2.65. The van der Waals surface area contributed by atoms with Crippen molar-refractivity contribution in [2.75, 3.05) is 6.54 Å². The smallest absolute Gasteiger partial charge is 0.407 e. The summed E-state index contributed by atoms with van der Waals surface area (Å²) in [6, 6.07) is 14.1. The van der Waals surface area contributed by atoms with Crippen LogP contribution in [0, 0.1) is 5.82 Å². The van der Waals surface area contributed by atoms with E-state index >= 15 is 0 Å². The minimum Gasteiger partial charge on any atom is -0.445 e. The molecule has 0 aliphatic rings. The van der Waals surface area contributed by atoms with Gasteiger partial charge in [-0.1, -0.05) is 66.2 Å². The van der Waals surface area contributed by atoms with E-state index in [2.05, 4.69) is 5.32 Å². The van der Waals surface area contributed by atoms with Crippen LogP contribution in [0.4, 0.5) is 9.18 Å². The molecule has 3 nitrogen and oxygen atoms in total. The van der Waals surface area contributed by atoms with Crippen molar-refractivity contribution in [2.45, 2.75) is 6.61 Å². The van der Waals surface area contributed by atoms with Crippen LogP contribution >= 0.6 is 11.6 Å². The van der Waals surface area contributed by atoms with E-state index in [0.29, 0.717) is 5.56 Å². The van der Waals surface area contributed by atoms with Gasteiger partial charge in [-0.05, 0) is 11.6 Å². The topological polar surface area (TPSA) is 38.3 Å². The largest absolute Gasteiger partial charge is 0.445 e. The third-order valence-electron chi connectivity index (χ3n) is 2.86. The lowest BCUT2D eigenvalue weighted by Gasteiger charge is -2.05. The molecule has 0 aliphatic carbocycles. The normalized spacial score (nSPS) is 10.6. The second-order valence-corrected chi connectivity index (χ2v) is 4.90. The fraction of sp³-hybridized carbons (Fsp3) is 0.118. The van der Waals surface area contributed by atoms with Crippen LogP contribution in [0.15, 0.2) is 54.6 Å². The number of hydrogen-bond donors (Lipinski definition) is 1. The quantitative estimate of drug-likeness (QED) is 0.886. The number of benzene rings is 2. The van der Waals surface area contributed by atoms with E-state index in [1.54, 1.807) is 24.3 Å². The minimum atomic E-state index is -0.528. The second-order valence-electron chi connectivity index (χ2n) is 4.49. The number of ether oxygens (including phenoxy) is 1. The number of halogens is 2. The Morgan fingerprint density at radius 2 is 1.95 bits per heavy atom. The van der Waals surface area contributed by atoms with Gasteiger partial charge in [0.15, 0.2) is 0 Å². The van der Waals surface area contributed by atoms with Gasteiger partial charge in [0.1, 0.15) is 12.4 Å². The molecule has 0 aromatic heterocycles. The molecule has 0 saturated heterocycles. The predicted octanol–water partition coefficient (Wildman–Crippen LogP) is 4.42. The fourth-order valence-electron chi connectivity index (χ4n) is 1.75. The Balaban J connectivity index is 1.75. The third-order valence-corrected chi connectivity index (χ3v) is 3.15. The van der Waals surface area contributed by atoms with Gasteiger partial charge in [0.25, 0.3) is 0 Å². The first-order valence-corrected chi connectivity index (χ1v) is 7.09. The fourth-order valence-corrected chi connectivity index (χ4v) is 1.93. The summed E-state index contributed by atoms with van der Waals surface area (Å²) in [4.78, 5) is 11.5. The first-order valence-electron chi connectivity index (χ1n) is 6.72. The number of carbonyl (C=O) groups is 1. The van der Waals surface area contributed by atoms with Crippen LogP contribution in [0.25, 0.3) is 6.08 Å². The molecular weight excluding hydrogens is 305 g/mol. The Labute approximate surface area is 133 Å². The number of amides is 1. The molecule has 0 heterocycles. The molecule has 0 atom stereocenters. The average Bonchev–Trinajstić information content (AvgIpc) is 2.54. The molecule has 0 fully saturated rings. The zero-order valence-corrected chi connectivity index (χ0v) is 12.5. The van der Waals surface area contributed by atoms with Gasteiger partial charge in [-0.15, -0.1) is 0 Å². The molecule has 1 amide bonds. The summed E-state index contributed by atoms with van der Waals surface area (Å²) in [5.74, 6) is -0.480. The molecular formula is C17H15ClFNO2. The van der Waals surface area contributed by atoms with Gasteiger partial charge in [0, 0.05) is 12.1 Å². The van der Waals surface area contributed by atoms with Crippen molar-refractivity contribution in [3.05, 3.63) is 76.6 Å². The Morgan fingerprint density at radius 1 is 1.18 bits per heavy atom. The van der Waals surface area contributed by atoms with Gasteiger partial charge in [-0.3, -0.25) is 0 Å². The molecule has 0 spiro atoms. The molecule has 1 N–H and O–H groups in total. The van der Waals surface area contributed by atoms with E-state index in [4.69, 9.17) is 16.3 Å². The molecule has 2 aromatic rings. The van der Waals surface area contributed by atoms with Gasteiger partial charge in [-0.2, -0.15) is 0 Å². The van der Waals surface area contributed by atoms with E-state index in [9.17, 15) is 9.18 Å². The van der Waals surface area contributed by atoms with E-state index in [1.807, 2.05) is 30.3 Å². The third kappa shape index (κ3) is 4.90. The standard InChI is InChI=1S/C17H15ClFNO2/c18-15-10-4-8-14(16(15)19)9-5-11-20-17(21)22-12-13-6-2-1-3-7-13/h1-10H,11-12H2,(H,20,21). The predicted molar refractivity (Wildman–Crippen MR) is 85.1 cm³/mol. The van der Waals surface area contributed by atoms with Gasteiger partial charge in [0.2, 0.25) is 0 Å². The van der Waals surface area contributed by atoms with Crippen molar-refractivity contribution in [3.63, 3.8) is 0 Å². The van der Waals surface area contributed by atoms with Crippen molar-refractivity contribution in [2.24, 2.45) is 0 Å². The minimum absolute atomic E-state index is 0.0670. The SMILES string of the molecule is O=C(NCC=Cc1cccc(Cl)c1F)OCc1ccccc1. The van der Waals surface area contributed by atoms with E-state index in [-0.39, 0.29) is 18.2 Å². The molecule has 114 valence electrons. The van der Waals surface area contributed by atoms with Gasteiger partial charge >= 0.3 is 6.09 Å². The zero-order chi connectivity index (χ0) is 15.8. The molecule has 0 radical (unpaired) electrons. The Kier molecular flexibility index (Phi) is 5.98. The number of nitrogens with one attached hydrogen (secondary N) is 1. The van der Waals surface area contributed by atoms with Crippen molar-refractivity contribution in [1.82, 2.24) is 5.32 Å². The highest BCUT2D eigenvalue weighted by molar-refractivity contribution is 6.30. The van der Waals surface area contributed by atoms with Crippen molar-refractivity contribution >= 4 is 23.8 Å². The summed E-state index contributed by atoms with van der Waals surface area (Å²) in [6.45, 7) is 0.443. The van der Waals surface area contributed by atoms with Crippen molar-refractivity contribution < 1.29 is 13.9 Å². The maximum Gasteiger partial charge on any atom is 0.407 e. The number of carbonyl (C=O) groups excluding carboxylic acids is 1. The van der Waals surface area contributed by atoms with Crippen LogP contribution in [0.1, 0.15) is 11.1 Å². The summed E-state index contributed by atoms with van der Waals surface area (Å²) in [7, 11) is 0. The Morgan fingerprint density at radius 3 is 2.73 bits per heavy atom. The van der Waals surface area contributed by atoms with Gasteiger partial charge in [-0.25, -0.2) is 9.18 Å². The van der Waals surface area contributed by atoms with Crippen LogP contribution in [0.5, 0.6) is 0 Å². The summed E-state index contributed by atoms with van der Waals surface area (Å²) >= 11 is 5.68. The molecule has 2 rings (SSSR count). The highest BCUT2D eigenvalue weighted by Gasteiger charge is 2.03. The molecule has 2 aromatic carbocycles. The molecule has 22 heavy (non-hydrogen) atoms. The lowest BCUT2D eigenvalue weighted by Crippen LogP contribution is -2.24. The number of alkyl carbamates (subject to hydrolysis) is 1. The monoisotopic (exact) mass is 319 g/mol. The highest BCUT2D eigenvalue weighted by Crippen LogP contribution is 2.18. The molecule has 5 heteroatoms. The van der Waals surface area contributed by atoms with Crippen LogP contribution < -0.4 is 5.32 Å². The Hall–Kier alpha value is -2.33. The van der Waals surface area contributed by atoms with E-state index in [0.717, 1.165) is 5.56 Å².